The van der Waals surface area contributed by atoms with E-state index in [1.54, 1.807) is 0 Å². The van der Waals surface area contributed by atoms with Gasteiger partial charge in [0.15, 0.2) is 0 Å². The summed E-state index contributed by atoms with van der Waals surface area (Å²) in [5, 5.41) is 13.2. The van der Waals surface area contributed by atoms with Gasteiger partial charge in [-0.15, -0.1) is 0 Å². The number of benzene rings is 1. The molecule has 3 aromatic rings. The fourth-order valence-electron chi connectivity index (χ4n) is 3.71. The highest BCUT2D eigenvalue weighted by Crippen LogP contribution is 2.35. The fourth-order valence-corrected chi connectivity index (χ4v) is 3.71. The molecule has 144 valence electrons. The third kappa shape index (κ3) is 2.90. The van der Waals surface area contributed by atoms with Gasteiger partial charge in [0.25, 0.3) is 11.5 Å². The first-order chi connectivity index (χ1) is 13.4. The average Bonchev–Trinajstić information content (AvgIpc) is 2.65. The summed E-state index contributed by atoms with van der Waals surface area (Å²) in [6.07, 6.45) is 3.60. The third-order valence-corrected chi connectivity index (χ3v) is 5.03. The van der Waals surface area contributed by atoms with Crippen LogP contribution in [0.4, 0.5) is 8.78 Å². The number of aryl methyl sites for hydroxylation is 1. The minimum absolute atomic E-state index is 0.0789. The molecule has 0 saturated carbocycles. The Morgan fingerprint density at radius 1 is 1.29 bits per heavy atom. The molecule has 1 aliphatic rings. The number of hydrogen-bond acceptors (Lipinski definition) is 4. The summed E-state index contributed by atoms with van der Waals surface area (Å²) in [5.41, 5.74) is 0.380. The van der Waals surface area contributed by atoms with E-state index in [0.717, 1.165) is 12.3 Å². The Labute approximate surface area is 158 Å². The van der Waals surface area contributed by atoms with Crippen LogP contribution in [0.3, 0.4) is 0 Å². The minimum Gasteiger partial charge on any atom is -0.506 e. The van der Waals surface area contributed by atoms with Crippen molar-refractivity contribution in [2.45, 2.75) is 32.4 Å². The van der Waals surface area contributed by atoms with Gasteiger partial charge in [-0.3, -0.25) is 14.6 Å². The van der Waals surface area contributed by atoms with Crippen LogP contribution in [-0.2, 0) is 13.0 Å². The molecule has 2 aromatic heterocycles. The lowest BCUT2D eigenvalue weighted by molar-refractivity contribution is 0.0946. The molecule has 4 rings (SSSR count). The van der Waals surface area contributed by atoms with Crippen LogP contribution >= 0.6 is 0 Å². The molecule has 1 atom stereocenters. The lowest BCUT2D eigenvalue weighted by Crippen LogP contribution is -2.36. The largest absolute Gasteiger partial charge is 0.506 e. The van der Waals surface area contributed by atoms with Crippen molar-refractivity contribution in [2.75, 3.05) is 0 Å². The highest BCUT2D eigenvalue weighted by Gasteiger charge is 2.28. The van der Waals surface area contributed by atoms with Gasteiger partial charge in [0.1, 0.15) is 22.9 Å². The molecule has 0 saturated heterocycles. The van der Waals surface area contributed by atoms with Gasteiger partial charge in [0.05, 0.1) is 11.7 Å². The lowest BCUT2D eigenvalue weighted by atomic mass is 9.95. The molecule has 0 aliphatic carbocycles. The van der Waals surface area contributed by atoms with Crippen molar-refractivity contribution in [2.24, 2.45) is 0 Å². The third-order valence-electron chi connectivity index (χ3n) is 5.03. The van der Waals surface area contributed by atoms with Gasteiger partial charge in [-0.2, -0.15) is 0 Å². The summed E-state index contributed by atoms with van der Waals surface area (Å²) in [5.74, 6) is -2.47. The van der Waals surface area contributed by atoms with E-state index in [9.17, 15) is 23.5 Å². The molecule has 8 heteroatoms. The van der Waals surface area contributed by atoms with Crippen LogP contribution < -0.4 is 10.9 Å². The maximum Gasteiger partial charge on any atom is 0.267 e. The van der Waals surface area contributed by atoms with Crippen LogP contribution in [0.15, 0.2) is 35.4 Å². The minimum atomic E-state index is -0.819. The summed E-state index contributed by atoms with van der Waals surface area (Å²) in [4.78, 5) is 29.3. The van der Waals surface area contributed by atoms with Crippen LogP contribution in [0, 0.1) is 11.6 Å². The molecule has 1 aliphatic heterocycles. The molecule has 1 aromatic carbocycles. The standard InChI is InChI=1S/C20H17F2N3O3/c1-10-2-3-12-5-13(21)6-15-17(12)25(10)20(28)16(18(15)26)19(27)24-8-11-4-14(22)9-23-7-11/h4-7,9-10,26H,2-3,8H2,1H3,(H,24,27)/t10-/m0/s1. The lowest BCUT2D eigenvalue weighted by Gasteiger charge is -2.26. The van der Waals surface area contributed by atoms with Crippen LogP contribution in [0.2, 0.25) is 0 Å². The number of hydrogen-bond donors (Lipinski definition) is 2. The molecule has 0 radical (unpaired) electrons. The Morgan fingerprint density at radius 3 is 2.82 bits per heavy atom. The molecule has 0 bridgehead atoms. The molecular weight excluding hydrogens is 368 g/mol. The number of nitrogens with one attached hydrogen (secondary N) is 1. The molecule has 0 fully saturated rings. The first-order valence-electron chi connectivity index (χ1n) is 8.84. The van der Waals surface area contributed by atoms with Crippen molar-refractivity contribution in [3.8, 4) is 5.75 Å². The van der Waals surface area contributed by atoms with E-state index in [-0.39, 0.29) is 18.0 Å². The molecule has 3 heterocycles. The highest BCUT2D eigenvalue weighted by molar-refractivity contribution is 6.03. The predicted molar refractivity (Wildman–Crippen MR) is 98.2 cm³/mol. The number of carbonyl (C=O) groups excluding carboxylic acids is 1. The molecule has 0 spiro atoms. The molecule has 2 N–H and O–H groups in total. The first-order valence-corrected chi connectivity index (χ1v) is 8.84. The summed E-state index contributed by atoms with van der Waals surface area (Å²) in [6.45, 7) is 1.76. The smallest absolute Gasteiger partial charge is 0.267 e. The van der Waals surface area contributed by atoms with Crippen molar-refractivity contribution >= 4 is 16.8 Å². The SMILES string of the molecule is C[C@H]1CCc2cc(F)cc3c(O)c(C(=O)NCc4cncc(F)c4)c(=O)n1c23. The van der Waals surface area contributed by atoms with Crippen LogP contribution in [0.25, 0.3) is 10.9 Å². The van der Waals surface area contributed by atoms with Crippen molar-refractivity contribution in [3.63, 3.8) is 0 Å². The van der Waals surface area contributed by atoms with Crippen LogP contribution in [0.5, 0.6) is 5.75 Å². The second-order valence-corrected chi connectivity index (χ2v) is 6.94. The monoisotopic (exact) mass is 385 g/mol. The molecular formula is C20H17F2N3O3. The van der Waals surface area contributed by atoms with Gasteiger partial charge >= 0.3 is 0 Å². The van der Waals surface area contributed by atoms with Crippen LogP contribution in [-0.4, -0.2) is 20.6 Å². The number of nitrogens with zero attached hydrogens (tertiary/aromatic N) is 2. The van der Waals surface area contributed by atoms with Crippen LogP contribution in [0.1, 0.15) is 40.9 Å². The summed E-state index contributed by atoms with van der Waals surface area (Å²) in [6, 6.07) is 3.47. The Morgan fingerprint density at radius 2 is 2.07 bits per heavy atom. The Kier molecular flexibility index (Phi) is 4.33. The maximum atomic E-state index is 14.0. The van der Waals surface area contributed by atoms with E-state index >= 15 is 0 Å². The second-order valence-electron chi connectivity index (χ2n) is 6.94. The van der Waals surface area contributed by atoms with E-state index < -0.39 is 34.4 Å². The number of pyridine rings is 2. The zero-order valence-electron chi connectivity index (χ0n) is 15.0. The van der Waals surface area contributed by atoms with Crippen molar-refractivity contribution in [3.05, 3.63) is 69.3 Å². The molecule has 28 heavy (non-hydrogen) atoms. The van der Waals surface area contributed by atoms with Gasteiger partial charge in [0.2, 0.25) is 0 Å². The van der Waals surface area contributed by atoms with Crippen molar-refractivity contribution < 1.29 is 18.7 Å². The number of rotatable bonds is 3. The van der Waals surface area contributed by atoms with Gasteiger partial charge in [-0.25, -0.2) is 8.78 Å². The second kappa shape index (κ2) is 6.70. The van der Waals surface area contributed by atoms with E-state index in [4.69, 9.17) is 0 Å². The zero-order valence-corrected chi connectivity index (χ0v) is 15.0. The van der Waals surface area contributed by atoms with E-state index in [0.29, 0.717) is 29.5 Å². The summed E-state index contributed by atoms with van der Waals surface area (Å²) in [7, 11) is 0. The number of aromatic hydroxyl groups is 1. The van der Waals surface area contributed by atoms with E-state index in [1.165, 1.54) is 22.9 Å². The fraction of sp³-hybridized carbons (Fsp3) is 0.250. The average molecular weight is 385 g/mol. The Hall–Kier alpha value is -3.29. The number of halogens is 2. The van der Waals surface area contributed by atoms with E-state index in [2.05, 4.69) is 10.3 Å². The quantitative estimate of drug-likeness (QED) is 0.726. The van der Waals surface area contributed by atoms with E-state index in [1.807, 2.05) is 6.92 Å². The van der Waals surface area contributed by atoms with Gasteiger partial charge in [-0.05, 0) is 49.1 Å². The van der Waals surface area contributed by atoms with Gasteiger partial charge in [0, 0.05) is 24.2 Å². The number of carbonyl (C=O) groups is 1. The van der Waals surface area contributed by atoms with Crippen molar-refractivity contribution in [1.82, 2.24) is 14.9 Å². The zero-order chi connectivity index (χ0) is 20.0. The topological polar surface area (TPSA) is 84.2 Å². The normalized spacial score (nSPS) is 15.6. The summed E-state index contributed by atoms with van der Waals surface area (Å²) < 4.78 is 28.7. The molecule has 1 amide bonds. The Balaban J connectivity index is 1.81. The first kappa shape index (κ1) is 18.1. The van der Waals surface area contributed by atoms with Crippen molar-refractivity contribution in [1.29, 1.82) is 0 Å². The number of amides is 1. The molecule has 0 unspecified atom stereocenters. The predicted octanol–water partition coefficient (Wildman–Crippen LogP) is 2.82. The highest BCUT2D eigenvalue weighted by atomic mass is 19.1. The number of aromatic nitrogens is 2. The Bertz CT molecular complexity index is 1170. The summed E-state index contributed by atoms with van der Waals surface area (Å²) >= 11 is 0. The van der Waals surface area contributed by atoms with Gasteiger partial charge < -0.3 is 15.0 Å². The molecule has 6 nitrogen and oxygen atoms in total. The maximum absolute atomic E-state index is 14.0. The van der Waals surface area contributed by atoms with Gasteiger partial charge in [-0.1, -0.05) is 0 Å².